The average Bonchev–Trinajstić information content (AvgIpc) is 2.99. The zero-order valence-electron chi connectivity index (χ0n) is 13.9. The Morgan fingerprint density at radius 3 is 2.59 bits per heavy atom. The number of carbonyl (C=O) groups excluding carboxylic acids is 1. The minimum atomic E-state index is -0.416. The van der Waals surface area contributed by atoms with Crippen molar-refractivity contribution in [2.24, 2.45) is 4.99 Å². The van der Waals surface area contributed by atoms with E-state index in [0.717, 1.165) is 21.0 Å². The van der Waals surface area contributed by atoms with E-state index in [4.69, 9.17) is 29.6 Å². The molecule has 0 radical (unpaired) electrons. The van der Waals surface area contributed by atoms with Gasteiger partial charge in [0.15, 0.2) is 4.80 Å². The summed E-state index contributed by atoms with van der Waals surface area (Å²) < 4.78 is 2.91. The first-order valence-corrected chi connectivity index (χ1v) is 9.64. The first kappa shape index (κ1) is 17.8. The van der Waals surface area contributed by atoms with Crippen LogP contribution in [0.2, 0.25) is 10.0 Å². The summed E-state index contributed by atoms with van der Waals surface area (Å²) in [5.41, 5.74) is 1.29. The number of nitrogens with zero attached hydrogens (tertiary/aromatic N) is 2. The van der Waals surface area contributed by atoms with Crippen molar-refractivity contribution < 1.29 is 4.79 Å². The number of benzene rings is 3. The van der Waals surface area contributed by atoms with Gasteiger partial charge in [-0.1, -0.05) is 70.8 Å². The van der Waals surface area contributed by atoms with Crippen molar-refractivity contribution in [3.63, 3.8) is 0 Å². The molecule has 4 rings (SSSR count). The molecule has 0 saturated carbocycles. The number of thiazole rings is 1. The smallest absolute Gasteiger partial charge is 0.279 e. The standard InChI is InChI=1S/C21H12Cl2N2OS/c1-2-9-25-18-8-7-13-5-3-4-6-17(13)19(18)27-21(25)24-20(26)14-10-15(22)12-16(23)11-14/h1,3-8,10-12H,9H2. The second kappa shape index (κ2) is 7.21. The molecule has 1 amide bonds. The molecule has 3 aromatic carbocycles. The van der Waals surface area contributed by atoms with Gasteiger partial charge in [0.25, 0.3) is 5.91 Å². The third kappa shape index (κ3) is 3.38. The van der Waals surface area contributed by atoms with Gasteiger partial charge in [-0.3, -0.25) is 4.79 Å². The van der Waals surface area contributed by atoms with E-state index >= 15 is 0 Å². The highest BCUT2D eigenvalue weighted by molar-refractivity contribution is 7.17. The fourth-order valence-corrected chi connectivity index (χ4v) is 4.65. The predicted molar refractivity (Wildman–Crippen MR) is 113 cm³/mol. The molecule has 3 nitrogen and oxygen atoms in total. The molecule has 0 spiro atoms. The van der Waals surface area contributed by atoms with Crippen molar-refractivity contribution in [1.29, 1.82) is 0 Å². The number of terminal acetylenes is 1. The SMILES string of the molecule is C#CCn1c(=NC(=O)c2cc(Cl)cc(Cl)c2)sc2c3ccccc3ccc21. The molecule has 0 aliphatic heterocycles. The molecule has 1 heterocycles. The number of hydrogen-bond acceptors (Lipinski definition) is 2. The number of halogens is 2. The van der Waals surface area contributed by atoms with E-state index in [0.29, 0.717) is 27.0 Å². The molecular formula is C21H12Cl2N2OS. The van der Waals surface area contributed by atoms with Crippen LogP contribution >= 0.6 is 34.5 Å². The van der Waals surface area contributed by atoms with Gasteiger partial charge >= 0.3 is 0 Å². The Morgan fingerprint density at radius 2 is 1.85 bits per heavy atom. The Morgan fingerprint density at radius 1 is 1.11 bits per heavy atom. The van der Waals surface area contributed by atoms with E-state index in [1.165, 1.54) is 11.3 Å². The fraction of sp³-hybridized carbons (Fsp3) is 0.0476. The van der Waals surface area contributed by atoms with E-state index in [1.54, 1.807) is 18.2 Å². The highest BCUT2D eigenvalue weighted by atomic mass is 35.5. The number of fused-ring (bicyclic) bond motifs is 3. The van der Waals surface area contributed by atoms with E-state index in [-0.39, 0.29) is 0 Å². The molecule has 6 heteroatoms. The van der Waals surface area contributed by atoms with E-state index in [2.05, 4.69) is 23.0 Å². The van der Waals surface area contributed by atoms with Gasteiger partial charge < -0.3 is 4.57 Å². The average molecular weight is 411 g/mol. The monoisotopic (exact) mass is 410 g/mol. The molecule has 0 saturated heterocycles. The van der Waals surface area contributed by atoms with Crippen molar-refractivity contribution in [1.82, 2.24) is 4.57 Å². The van der Waals surface area contributed by atoms with Crippen molar-refractivity contribution in [3.05, 3.63) is 75.0 Å². The Balaban J connectivity index is 1.96. The van der Waals surface area contributed by atoms with Crippen LogP contribution in [-0.4, -0.2) is 10.5 Å². The Bertz CT molecular complexity index is 1290. The zero-order valence-corrected chi connectivity index (χ0v) is 16.3. The second-order valence-corrected chi connectivity index (χ2v) is 7.74. The molecule has 0 unspecified atom stereocenters. The maximum atomic E-state index is 12.7. The number of rotatable bonds is 2. The molecule has 27 heavy (non-hydrogen) atoms. The molecule has 0 bridgehead atoms. The second-order valence-electron chi connectivity index (χ2n) is 5.88. The number of amides is 1. The summed E-state index contributed by atoms with van der Waals surface area (Å²) in [6.07, 6.45) is 5.55. The van der Waals surface area contributed by atoms with Crippen LogP contribution in [0, 0.1) is 12.3 Å². The number of aromatic nitrogens is 1. The molecule has 0 atom stereocenters. The molecule has 0 N–H and O–H groups in total. The van der Waals surface area contributed by atoms with Crippen LogP contribution in [0.1, 0.15) is 10.4 Å². The normalized spacial score (nSPS) is 11.8. The summed E-state index contributed by atoms with van der Waals surface area (Å²) in [6, 6.07) is 16.8. The summed E-state index contributed by atoms with van der Waals surface area (Å²) in [5, 5.41) is 3.00. The number of hydrogen-bond donors (Lipinski definition) is 0. The topological polar surface area (TPSA) is 34.4 Å². The summed E-state index contributed by atoms with van der Waals surface area (Å²) in [5.74, 6) is 2.22. The van der Waals surface area contributed by atoms with Gasteiger partial charge in [-0.2, -0.15) is 4.99 Å². The lowest BCUT2D eigenvalue weighted by atomic mass is 10.1. The Labute approximate surface area is 169 Å². The largest absolute Gasteiger partial charge is 0.305 e. The molecule has 0 aliphatic rings. The van der Waals surface area contributed by atoms with Gasteiger partial charge in [0.05, 0.1) is 16.8 Å². The minimum absolute atomic E-state index is 0.320. The van der Waals surface area contributed by atoms with E-state index < -0.39 is 5.91 Å². The van der Waals surface area contributed by atoms with Crippen molar-refractivity contribution >= 4 is 61.4 Å². The number of carbonyl (C=O) groups is 1. The van der Waals surface area contributed by atoms with E-state index in [1.807, 2.05) is 28.8 Å². The minimum Gasteiger partial charge on any atom is -0.305 e. The molecule has 0 aliphatic carbocycles. The molecule has 132 valence electrons. The van der Waals surface area contributed by atoms with Crippen LogP contribution in [0.15, 0.2) is 59.6 Å². The van der Waals surface area contributed by atoms with Crippen LogP contribution in [0.3, 0.4) is 0 Å². The lowest BCUT2D eigenvalue weighted by molar-refractivity contribution is 0.0998. The first-order chi connectivity index (χ1) is 13.1. The maximum Gasteiger partial charge on any atom is 0.279 e. The maximum absolute atomic E-state index is 12.7. The van der Waals surface area contributed by atoms with Crippen LogP contribution in [-0.2, 0) is 6.54 Å². The van der Waals surface area contributed by atoms with Gasteiger partial charge in [0.2, 0.25) is 0 Å². The summed E-state index contributed by atoms with van der Waals surface area (Å²) in [4.78, 5) is 17.5. The van der Waals surface area contributed by atoms with E-state index in [9.17, 15) is 4.79 Å². The highest BCUT2D eigenvalue weighted by Crippen LogP contribution is 2.27. The van der Waals surface area contributed by atoms with Crippen molar-refractivity contribution in [3.8, 4) is 12.3 Å². The van der Waals surface area contributed by atoms with Gasteiger partial charge in [-0.15, -0.1) is 6.42 Å². The van der Waals surface area contributed by atoms with Crippen molar-refractivity contribution in [2.45, 2.75) is 6.54 Å². The fourth-order valence-electron chi connectivity index (χ4n) is 2.96. The molecule has 0 fully saturated rings. The lowest BCUT2D eigenvalue weighted by Crippen LogP contribution is -2.16. The van der Waals surface area contributed by atoms with Crippen LogP contribution < -0.4 is 4.80 Å². The Kier molecular flexibility index (Phi) is 4.75. The predicted octanol–water partition coefficient (Wildman–Crippen LogP) is 5.54. The van der Waals surface area contributed by atoms with Gasteiger partial charge in [-0.25, -0.2) is 0 Å². The third-order valence-electron chi connectivity index (χ3n) is 4.13. The molecular weight excluding hydrogens is 399 g/mol. The summed E-state index contributed by atoms with van der Waals surface area (Å²) in [7, 11) is 0. The molecule has 4 aromatic rings. The third-order valence-corrected chi connectivity index (χ3v) is 5.69. The van der Waals surface area contributed by atoms with Crippen LogP contribution in [0.5, 0.6) is 0 Å². The summed E-state index contributed by atoms with van der Waals surface area (Å²) in [6.45, 7) is 0.320. The Hall–Kier alpha value is -2.58. The zero-order chi connectivity index (χ0) is 19.0. The highest BCUT2D eigenvalue weighted by Gasteiger charge is 2.12. The van der Waals surface area contributed by atoms with Gasteiger partial charge in [-0.05, 0) is 29.7 Å². The first-order valence-electron chi connectivity index (χ1n) is 8.06. The van der Waals surface area contributed by atoms with Gasteiger partial charge in [0.1, 0.15) is 0 Å². The summed E-state index contributed by atoms with van der Waals surface area (Å²) >= 11 is 13.4. The van der Waals surface area contributed by atoms with Gasteiger partial charge in [0, 0.05) is 21.0 Å². The molecule has 1 aromatic heterocycles. The lowest BCUT2D eigenvalue weighted by Gasteiger charge is -2.02. The van der Waals surface area contributed by atoms with Crippen LogP contribution in [0.25, 0.3) is 21.0 Å². The van der Waals surface area contributed by atoms with Crippen molar-refractivity contribution in [2.75, 3.05) is 0 Å². The van der Waals surface area contributed by atoms with Crippen LogP contribution in [0.4, 0.5) is 0 Å². The quantitative estimate of drug-likeness (QED) is 0.399.